The highest BCUT2D eigenvalue weighted by Gasteiger charge is 2.31. The Morgan fingerprint density at radius 1 is 1.06 bits per heavy atom. The van der Waals surface area contributed by atoms with Gasteiger partial charge in [-0.1, -0.05) is 31.0 Å². The molecule has 0 bridgehead atoms. The fourth-order valence-corrected chi connectivity index (χ4v) is 6.08. The predicted octanol–water partition coefficient (Wildman–Crippen LogP) is 4.04. The van der Waals surface area contributed by atoms with E-state index in [1.807, 2.05) is 35.0 Å². The van der Waals surface area contributed by atoms with Crippen molar-refractivity contribution in [3.63, 3.8) is 0 Å². The van der Waals surface area contributed by atoms with Gasteiger partial charge in [-0.3, -0.25) is 14.6 Å². The van der Waals surface area contributed by atoms with E-state index in [0.717, 1.165) is 56.2 Å². The fraction of sp³-hybridized carbons (Fsp3) is 0.630. The van der Waals surface area contributed by atoms with Crippen molar-refractivity contribution < 1.29 is 9.53 Å². The number of amides is 1. The van der Waals surface area contributed by atoms with Gasteiger partial charge in [0.15, 0.2) is 0 Å². The average molecular weight is 466 g/mol. The number of ether oxygens (including phenoxy) is 1. The van der Waals surface area contributed by atoms with E-state index in [1.165, 1.54) is 25.7 Å². The number of para-hydroxylation sites is 1. The number of benzene rings is 1. The highest BCUT2D eigenvalue weighted by molar-refractivity contribution is 5.91. The molecule has 7 heteroatoms. The minimum atomic E-state index is 0.0469. The molecule has 2 saturated heterocycles. The Hall–Kier alpha value is -2.22. The van der Waals surface area contributed by atoms with Crippen molar-refractivity contribution in [1.82, 2.24) is 19.6 Å². The number of hydrogen-bond donors (Lipinski definition) is 1. The smallest absolute Gasteiger partial charge is 0.239 e. The number of anilines is 1. The molecule has 0 radical (unpaired) electrons. The van der Waals surface area contributed by atoms with E-state index in [9.17, 15) is 4.79 Å². The van der Waals surface area contributed by atoms with Crippen molar-refractivity contribution >= 4 is 11.7 Å². The van der Waals surface area contributed by atoms with Gasteiger partial charge < -0.3 is 10.1 Å². The standard InChI is InChI=1S/C27H39N5O2/c1-20-16-30(17-21(2)34-20)18-24-13-8-14-31(24)19-27(33)28-26-15-25(22-9-6-7-10-22)29-32(26)23-11-4-3-5-12-23/h3-5,11-12,15,20-22,24H,6-10,13-14,16-19H2,1-2H3,(H,28,33). The van der Waals surface area contributed by atoms with Gasteiger partial charge in [0, 0.05) is 37.7 Å². The molecule has 7 nitrogen and oxygen atoms in total. The van der Waals surface area contributed by atoms with Gasteiger partial charge in [-0.25, -0.2) is 4.68 Å². The van der Waals surface area contributed by atoms with Crippen LogP contribution in [0.1, 0.15) is 64.0 Å². The lowest BCUT2D eigenvalue weighted by atomic mass is 10.0. The highest BCUT2D eigenvalue weighted by atomic mass is 16.5. The predicted molar refractivity (Wildman–Crippen MR) is 134 cm³/mol. The summed E-state index contributed by atoms with van der Waals surface area (Å²) in [7, 11) is 0. The molecule has 3 heterocycles. The molecule has 3 aliphatic rings. The Bertz CT molecular complexity index is 945. The Morgan fingerprint density at radius 3 is 2.53 bits per heavy atom. The first-order valence-electron chi connectivity index (χ1n) is 13.1. The van der Waals surface area contributed by atoms with Crippen LogP contribution in [-0.2, 0) is 9.53 Å². The molecular formula is C27H39N5O2. The van der Waals surface area contributed by atoms with Crippen molar-refractivity contribution in [2.75, 3.05) is 38.0 Å². The lowest BCUT2D eigenvalue weighted by Crippen LogP contribution is -2.50. The number of carbonyl (C=O) groups excluding carboxylic acids is 1. The minimum absolute atomic E-state index is 0.0469. The Morgan fingerprint density at radius 2 is 1.79 bits per heavy atom. The van der Waals surface area contributed by atoms with Gasteiger partial charge in [-0.2, -0.15) is 5.10 Å². The van der Waals surface area contributed by atoms with Gasteiger partial charge in [0.2, 0.25) is 5.91 Å². The van der Waals surface area contributed by atoms with E-state index in [4.69, 9.17) is 9.84 Å². The number of hydrogen-bond acceptors (Lipinski definition) is 5. The first-order chi connectivity index (χ1) is 16.5. The van der Waals surface area contributed by atoms with Gasteiger partial charge in [-0.05, 0) is 58.2 Å². The van der Waals surface area contributed by atoms with Crippen molar-refractivity contribution in [1.29, 1.82) is 0 Å². The molecular weight excluding hydrogens is 426 g/mol. The van der Waals surface area contributed by atoms with Gasteiger partial charge in [0.1, 0.15) is 5.82 Å². The third-order valence-electron chi connectivity index (χ3n) is 7.58. The van der Waals surface area contributed by atoms with Crippen LogP contribution in [0.25, 0.3) is 5.69 Å². The first-order valence-corrected chi connectivity index (χ1v) is 13.1. The average Bonchev–Trinajstić information content (AvgIpc) is 3.56. The number of morpholine rings is 1. The summed E-state index contributed by atoms with van der Waals surface area (Å²) in [5, 5.41) is 8.13. The van der Waals surface area contributed by atoms with Gasteiger partial charge in [0.25, 0.3) is 0 Å². The molecule has 1 saturated carbocycles. The second-order valence-electron chi connectivity index (χ2n) is 10.5. The summed E-state index contributed by atoms with van der Waals surface area (Å²) in [6, 6.07) is 12.6. The molecule has 2 aliphatic heterocycles. The van der Waals surface area contributed by atoms with Crippen LogP contribution in [0.2, 0.25) is 0 Å². The molecule has 0 spiro atoms. The zero-order chi connectivity index (χ0) is 23.5. The summed E-state index contributed by atoms with van der Waals surface area (Å²) in [6.07, 6.45) is 7.76. The Kier molecular flexibility index (Phi) is 7.32. The normalized spacial score (nSPS) is 26.8. The second-order valence-corrected chi connectivity index (χ2v) is 10.5. The molecule has 1 aromatic heterocycles. The summed E-state index contributed by atoms with van der Waals surface area (Å²) in [5.74, 6) is 1.33. The van der Waals surface area contributed by atoms with E-state index in [-0.39, 0.29) is 18.1 Å². The van der Waals surface area contributed by atoms with E-state index in [0.29, 0.717) is 18.5 Å². The Balaban J connectivity index is 1.25. The first kappa shape index (κ1) is 23.5. The zero-order valence-corrected chi connectivity index (χ0v) is 20.7. The third kappa shape index (κ3) is 5.53. The maximum atomic E-state index is 13.2. The molecule has 3 atom stereocenters. The maximum absolute atomic E-state index is 13.2. The third-order valence-corrected chi connectivity index (χ3v) is 7.58. The van der Waals surface area contributed by atoms with Crippen LogP contribution in [0.3, 0.4) is 0 Å². The molecule has 3 fully saturated rings. The van der Waals surface area contributed by atoms with Gasteiger partial charge >= 0.3 is 0 Å². The summed E-state index contributed by atoms with van der Waals surface area (Å²) < 4.78 is 7.80. The van der Waals surface area contributed by atoms with Crippen molar-refractivity contribution in [2.45, 2.75) is 76.5 Å². The molecule has 34 heavy (non-hydrogen) atoms. The fourth-order valence-electron chi connectivity index (χ4n) is 6.08. The molecule has 184 valence electrons. The van der Waals surface area contributed by atoms with Crippen molar-refractivity contribution in [2.24, 2.45) is 0 Å². The SMILES string of the molecule is CC1CN(CC2CCCN2CC(=O)Nc2cc(C3CCCC3)nn2-c2ccccc2)CC(C)O1. The number of carbonyl (C=O) groups is 1. The largest absolute Gasteiger partial charge is 0.373 e. The quantitative estimate of drug-likeness (QED) is 0.669. The van der Waals surface area contributed by atoms with E-state index in [2.05, 4.69) is 35.0 Å². The van der Waals surface area contributed by atoms with Crippen molar-refractivity contribution in [3.8, 4) is 5.69 Å². The van der Waals surface area contributed by atoms with E-state index < -0.39 is 0 Å². The minimum Gasteiger partial charge on any atom is -0.373 e. The van der Waals surface area contributed by atoms with Crippen LogP contribution in [0.4, 0.5) is 5.82 Å². The summed E-state index contributed by atoms with van der Waals surface area (Å²) in [5.41, 5.74) is 2.09. The number of rotatable bonds is 7. The van der Waals surface area contributed by atoms with Crippen LogP contribution < -0.4 is 5.32 Å². The topological polar surface area (TPSA) is 62.6 Å². The van der Waals surface area contributed by atoms with Gasteiger partial charge in [0.05, 0.1) is 30.1 Å². The molecule has 1 aliphatic carbocycles. The van der Waals surface area contributed by atoms with Crippen LogP contribution in [-0.4, -0.2) is 76.5 Å². The summed E-state index contributed by atoms with van der Waals surface area (Å²) >= 11 is 0. The molecule has 1 N–H and O–H groups in total. The zero-order valence-electron chi connectivity index (χ0n) is 20.7. The molecule has 1 aromatic carbocycles. The van der Waals surface area contributed by atoms with Crippen LogP contribution in [0.5, 0.6) is 0 Å². The Labute approximate surface area is 203 Å². The lowest BCUT2D eigenvalue weighted by Gasteiger charge is -2.38. The number of nitrogens with one attached hydrogen (secondary N) is 1. The van der Waals surface area contributed by atoms with E-state index >= 15 is 0 Å². The van der Waals surface area contributed by atoms with Crippen LogP contribution >= 0.6 is 0 Å². The molecule has 5 rings (SSSR count). The number of nitrogens with zero attached hydrogens (tertiary/aromatic N) is 4. The molecule has 3 unspecified atom stereocenters. The second kappa shape index (κ2) is 10.6. The summed E-state index contributed by atoms with van der Waals surface area (Å²) in [4.78, 5) is 18.1. The lowest BCUT2D eigenvalue weighted by molar-refractivity contribution is -0.118. The molecule has 1 amide bonds. The highest BCUT2D eigenvalue weighted by Crippen LogP contribution is 2.35. The van der Waals surface area contributed by atoms with Crippen LogP contribution in [0.15, 0.2) is 36.4 Å². The number of likely N-dealkylation sites (tertiary alicyclic amines) is 1. The van der Waals surface area contributed by atoms with Gasteiger partial charge in [-0.15, -0.1) is 0 Å². The van der Waals surface area contributed by atoms with E-state index in [1.54, 1.807) is 0 Å². The molecule has 2 aromatic rings. The van der Waals surface area contributed by atoms with Crippen LogP contribution in [0, 0.1) is 0 Å². The number of aromatic nitrogens is 2. The monoisotopic (exact) mass is 465 g/mol. The summed E-state index contributed by atoms with van der Waals surface area (Å²) in [6.45, 7) is 8.68. The van der Waals surface area contributed by atoms with Crippen molar-refractivity contribution in [3.05, 3.63) is 42.1 Å². The maximum Gasteiger partial charge on any atom is 0.239 e.